The van der Waals surface area contributed by atoms with Gasteiger partial charge in [-0.05, 0) is 249 Å². The number of nitrogens with zero attached hydrogens (tertiary/aromatic N) is 4. The van der Waals surface area contributed by atoms with Gasteiger partial charge in [0.05, 0.1) is 22.2 Å². The van der Waals surface area contributed by atoms with Crippen molar-refractivity contribution >= 4 is 0 Å². The minimum absolute atomic E-state index is 0.497. The van der Waals surface area contributed by atoms with Gasteiger partial charge in [-0.25, -0.2) is 0 Å². The third-order valence-electron chi connectivity index (χ3n) is 23.4. The monoisotopic (exact) mass is 1480 g/mol. The summed E-state index contributed by atoms with van der Waals surface area (Å²) in [6.45, 7) is 16.5. The number of hydrogen-bond acceptors (Lipinski definition) is 8. The molecule has 1 fully saturated rings. The van der Waals surface area contributed by atoms with E-state index in [2.05, 4.69) is 405 Å². The first-order valence-electron chi connectivity index (χ1n) is 42.1. The molecule has 1 saturated heterocycles. The molecule has 0 radical (unpaired) electrons. The van der Waals surface area contributed by atoms with Crippen molar-refractivity contribution in [1.29, 1.82) is 0 Å². The summed E-state index contributed by atoms with van der Waals surface area (Å²) in [4.78, 5) is 11.3. The molecular weight excluding hydrogens is 1360 g/mol. The van der Waals surface area contributed by atoms with Crippen molar-refractivity contribution in [3.05, 3.63) is 431 Å². The predicted octanol–water partition coefficient (Wildman–Crippen LogP) is 20.2. The van der Waals surface area contributed by atoms with Gasteiger partial charge in [-0.15, -0.1) is 0 Å². The smallest absolute Gasteiger partial charge is 0.0947 e. The van der Waals surface area contributed by atoms with Gasteiger partial charge in [0.1, 0.15) is 0 Å². The molecule has 1 heterocycles. The van der Waals surface area contributed by atoms with Gasteiger partial charge in [-0.3, -0.25) is 21.3 Å². The Morgan fingerprint density at radius 3 is 0.375 bits per heavy atom. The largest absolute Gasteiger partial charge is 0.303 e. The van der Waals surface area contributed by atoms with Gasteiger partial charge in [-0.2, -0.15) is 0 Å². The van der Waals surface area contributed by atoms with E-state index >= 15 is 0 Å². The lowest BCUT2D eigenvalue weighted by Gasteiger charge is -2.37. The molecule has 12 aromatic rings. The molecule has 8 nitrogen and oxygen atoms in total. The molecule has 4 N–H and O–H groups in total. The highest BCUT2D eigenvalue weighted by molar-refractivity contribution is 5.54. The summed E-state index contributed by atoms with van der Waals surface area (Å²) in [6, 6.07) is 134. The molecule has 13 rings (SSSR count). The zero-order valence-electron chi connectivity index (χ0n) is 66.2. The molecule has 1 aliphatic heterocycles. The molecule has 576 valence electrons. The molecule has 0 aliphatic carbocycles. The highest BCUT2D eigenvalue weighted by atomic mass is 15.2. The van der Waals surface area contributed by atoms with Crippen molar-refractivity contribution in [3.8, 4) is 0 Å². The average Bonchev–Trinajstić information content (AvgIpc) is 0.780. The molecule has 0 amide bonds. The van der Waals surface area contributed by atoms with Crippen molar-refractivity contribution in [2.75, 3.05) is 105 Å². The lowest BCUT2D eigenvalue weighted by Crippen LogP contribution is -2.46. The van der Waals surface area contributed by atoms with Crippen LogP contribution in [0.3, 0.4) is 0 Å². The van der Waals surface area contributed by atoms with E-state index in [1.165, 1.54) is 118 Å². The van der Waals surface area contributed by atoms with Gasteiger partial charge in [0.15, 0.2) is 0 Å². The third-order valence-corrected chi connectivity index (χ3v) is 23.4. The highest BCUT2D eigenvalue weighted by Crippen LogP contribution is 2.41. The zero-order valence-corrected chi connectivity index (χ0v) is 66.2. The van der Waals surface area contributed by atoms with E-state index in [0.29, 0.717) is 0 Å². The second kappa shape index (κ2) is 42.8. The summed E-state index contributed by atoms with van der Waals surface area (Å²) < 4.78 is 0. The molecule has 8 heteroatoms. The van der Waals surface area contributed by atoms with E-state index in [0.717, 1.165) is 130 Å². The summed E-state index contributed by atoms with van der Waals surface area (Å²) in [5.74, 6) is 0. The summed E-state index contributed by atoms with van der Waals surface area (Å²) in [7, 11) is 0. The molecule has 0 atom stereocenters. The van der Waals surface area contributed by atoms with Crippen LogP contribution in [0, 0.1) is 0 Å². The van der Waals surface area contributed by atoms with Crippen LogP contribution in [0.1, 0.15) is 144 Å². The topological polar surface area (TPSA) is 61.1 Å². The summed E-state index contributed by atoms with van der Waals surface area (Å²) in [6.07, 6.45) is 13.5. The molecule has 112 heavy (non-hydrogen) atoms. The Morgan fingerprint density at radius 1 is 0.161 bits per heavy atom. The Hall–Kier alpha value is -9.68. The van der Waals surface area contributed by atoms with Gasteiger partial charge in [0.25, 0.3) is 0 Å². The van der Waals surface area contributed by atoms with E-state index in [4.69, 9.17) is 0 Å². The first kappa shape index (κ1) is 80.4. The van der Waals surface area contributed by atoms with Crippen LogP contribution in [-0.2, 0) is 22.2 Å². The van der Waals surface area contributed by atoms with Gasteiger partial charge in [-0.1, -0.05) is 364 Å². The summed E-state index contributed by atoms with van der Waals surface area (Å²) in [5.41, 5.74) is 13.1. The van der Waals surface area contributed by atoms with E-state index in [-0.39, 0.29) is 0 Å². The quantitative estimate of drug-likeness (QED) is 0.0246. The molecule has 0 spiro atoms. The Labute approximate surface area is 671 Å². The van der Waals surface area contributed by atoms with Crippen LogP contribution in [0.25, 0.3) is 0 Å². The van der Waals surface area contributed by atoms with E-state index in [1.807, 2.05) is 0 Å². The van der Waals surface area contributed by atoms with Crippen molar-refractivity contribution in [3.63, 3.8) is 0 Å². The maximum atomic E-state index is 4.25. The van der Waals surface area contributed by atoms with Gasteiger partial charge < -0.3 is 19.6 Å². The predicted molar refractivity (Wildman–Crippen MR) is 470 cm³/mol. The third kappa shape index (κ3) is 20.8. The lowest BCUT2D eigenvalue weighted by atomic mass is 9.77. The van der Waals surface area contributed by atoms with Crippen LogP contribution in [0.15, 0.2) is 364 Å². The van der Waals surface area contributed by atoms with Crippen LogP contribution in [-0.4, -0.2) is 124 Å². The Morgan fingerprint density at radius 2 is 0.268 bits per heavy atom. The SMILES string of the molecule is c1ccc(C(NCCCN2CCCCN(CCCNC(c3ccccc3)(c3ccccc3)c3ccccc3)CCCCN(CCCNC(c3ccccc3)(c3ccccc3)c3ccccc3)CCCCN(CCCNC(c3ccccc3)(c3ccccc3)c3ccccc3)CCCC2)(c2ccccc2)c2ccccc2)cc1. The van der Waals surface area contributed by atoms with Crippen molar-refractivity contribution in [2.24, 2.45) is 0 Å². The highest BCUT2D eigenvalue weighted by Gasteiger charge is 2.40. The van der Waals surface area contributed by atoms with Gasteiger partial charge in [0.2, 0.25) is 0 Å². The normalized spacial score (nSPS) is 15.0. The van der Waals surface area contributed by atoms with E-state index in [1.54, 1.807) is 0 Å². The maximum Gasteiger partial charge on any atom is 0.0947 e. The first-order valence-corrected chi connectivity index (χ1v) is 42.1. The average molecular weight is 1480 g/mol. The summed E-state index contributed by atoms with van der Waals surface area (Å²) >= 11 is 0. The van der Waals surface area contributed by atoms with Crippen LogP contribution in [0.2, 0.25) is 0 Å². The molecule has 0 saturated carbocycles. The van der Waals surface area contributed by atoms with Crippen LogP contribution in [0.4, 0.5) is 0 Å². The van der Waals surface area contributed by atoms with E-state index < -0.39 is 22.2 Å². The van der Waals surface area contributed by atoms with Crippen LogP contribution in [0.5, 0.6) is 0 Å². The minimum Gasteiger partial charge on any atom is -0.303 e. The molecule has 0 unspecified atom stereocenters. The fourth-order valence-electron chi connectivity index (χ4n) is 17.8. The maximum absolute atomic E-state index is 4.25. The van der Waals surface area contributed by atoms with E-state index in [9.17, 15) is 0 Å². The van der Waals surface area contributed by atoms with Crippen LogP contribution < -0.4 is 21.3 Å². The Kier molecular flexibility index (Phi) is 30.7. The minimum atomic E-state index is -0.497. The van der Waals surface area contributed by atoms with Crippen molar-refractivity contribution in [2.45, 2.75) is 99.2 Å². The lowest BCUT2D eigenvalue weighted by molar-refractivity contribution is 0.206. The van der Waals surface area contributed by atoms with Crippen molar-refractivity contribution in [1.82, 2.24) is 40.9 Å². The Balaban J connectivity index is 0.745. The van der Waals surface area contributed by atoms with Crippen molar-refractivity contribution < 1.29 is 0 Å². The van der Waals surface area contributed by atoms with Gasteiger partial charge >= 0.3 is 0 Å². The Bertz CT molecular complexity index is 3500. The zero-order chi connectivity index (χ0) is 76.3. The number of hydrogen-bond donors (Lipinski definition) is 4. The molecule has 0 aromatic heterocycles. The molecule has 0 bridgehead atoms. The standard InChI is InChI=1S/C104H120N8/c1-13-49-89(50-14-1)101(90-51-15-2-16-52-90,91-53-17-3-18-54-91)105-73-45-85-109-77-37-39-79-110(86-46-74-106-102(92-55-19-4-20-56-92,93-57-21-5-22-58-93)94-59-23-6-24-60-94)81-41-43-83-112(88-48-76-108-104(98-67-31-10-32-68-98,99-69-33-11-34-70-99)100-71-35-12-36-72-100)84-44-42-82-111(80-40-38-78-109)87-47-75-107-103(95-61-25-7-26-62-95,96-63-27-8-28-64-96)97-65-29-9-30-66-97/h1-36,49-72,105-108H,37-48,73-88H2. The summed E-state index contributed by atoms with van der Waals surface area (Å²) in [5, 5.41) is 17.0. The second-order valence-electron chi connectivity index (χ2n) is 30.7. The first-order chi connectivity index (χ1) is 55.6. The number of benzene rings is 12. The molecule has 1 aliphatic rings. The fraction of sp³-hybridized carbons (Fsp3) is 0.308. The number of nitrogens with one attached hydrogen (secondary N) is 4. The number of rotatable bonds is 32. The molecule has 12 aromatic carbocycles. The second-order valence-corrected chi connectivity index (χ2v) is 30.7. The fourth-order valence-corrected chi connectivity index (χ4v) is 17.8. The van der Waals surface area contributed by atoms with Gasteiger partial charge in [0, 0.05) is 0 Å². The molecular formula is C104H120N8. The van der Waals surface area contributed by atoms with Crippen LogP contribution >= 0.6 is 0 Å².